The van der Waals surface area contributed by atoms with Crippen LogP contribution in [0.1, 0.15) is 13.8 Å². The molecule has 0 saturated heterocycles. The van der Waals surface area contributed by atoms with E-state index >= 15 is 0 Å². The Morgan fingerprint density at radius 2 is 0.667 bits per heavy atom. The van der Waals surface area contributed by atoms with Crippen LogP contribution in [0.3, 0.4) is 0 Å². The van der Waals surface area contributed by atoms with Crippen molar-refractivity contribution >= 4 is 75.9 Å². The average molecular weight is 847 g/mol. The molecule has 2 heteroatoms. The van der Waals surface area contributed by atoms with Crippen LogP contribution in [-0.4, -0.2) is 9.13 Å². The second kappa shape index (κ2) is 18.0. The first kappa shape index (κ1) is 41.5. The molecule has 0 saturated carbocycles. The fourth-order valence-corrected chi connectivity index (χ4v) is 9.38. The molecule has 2 nitrogen and oxygen atoms in total. The fraction of sp³-hybridized carbons (Fsp3) is 0.0312. The van der Waals surface area contributed by atoms with E-state index in [0.29, 0.717) is 0 Å². The highest BCUT2D eigenvalue weighted by atomic mass is 15.0. The highest BCUT2D eigenvalue weighted by molar-refractivity contribution is 6.11. The number of rotatable bonds is 6. The minimum atomic E-state index is 0.870. The third-order valence-electron chi connectivity index (χ3n) is 12.7. The summed E-state index contributed by atoms with van der Waals surface area (Å²) in [5.41, 5.74) is 13.1. The Labute approximate surface area is 386 Å². The Bertz CT molecular complexity index is 3490. The number of benzene rings is 10. The molecule has 2 heterocycles. The predicted octanol–water partition coefficient (Wildman–Crippen LogP) is 18.2. The summed E-state index contributed by atoms with van der Waals surface area (Å²) in [6.45, 7) is 14.5. The fourth-order valence-electron chi connectivity index (χ4n) is 9.38. The molecule has 0 radical (unpaired) electrons. The summed E-state index contributed by atoms with van der Waals surface area (Å²) in [6.07, 6.45) is 7.32. The summed E-state index contributed by atoms with van der Waals surface area (Å²) in [4.78, 5) is 0. The van der Waals surface area contributed by atoms with E-state index in [9.17, 15) is 0 Å². The Morgan fingerprint density at radius 3 is 1.00 bits per heavy atom. The maximum Gasteiger partial charge on any atom is 0.0541 e. The van der Waals surface area contributed by atoms with Gasteiger partial charge in [-0.2, -0.15) is 0 Å². The third kappa shape index (κ3) is 7.49. The molecule has 12 aromatic rings. The Balaban J connectivity index is 0.000000466. The van der Waals surface area contributed by atoms with Gasteiger partial charge in [0, 0.05) is 32.9 Å². The van der Waals surface area contributed by atoms with Crippen molar-refractivity contribution in [3.05, 3.63) is 256 Å². The standard InChI is InChI=1S/C54H34N2.C6H8.C4H8/c1-5-19-51-47(11-1)48-12-2-6-20-52(48)55(51)41-29-27-35-31-39(25-23-37(35)33-41)43-15-9-18-46-44(16-10-17-45(43)46)40-26-24-38-34-42(30-28-36(38)32-40)56-53-21-7-3-13-49(53)50-14-4-8-22-54(50)56;1-4-6(3)5-2;1-3-4-2/h1-34H;4-5H,1-3H2;3-4H,1-2H3/b;;4-3-. The number of para-hydroxylation sites is 4. The lowest BCUT2D eigenvalue weighted by molar-refractivity contribution is 1.19. The molecule has 2 aromatic heterocycles. The lowest BCUT2D eigenvalue weighted by Crippen LogP contribution is -1.94. The van der Waals surface area contributed by atoms with Crippen LogP contribution in [-0.2, 0) is 0 Å². The first-order valence-corrected chi connectivity index (χ1v) is 22.6. The van der Waals surface area contributed by atoms with Crippen molar-refractivity contribution in [2.24, 2.45) is 0 Å². The molecule has 0 amide bonds. The number of fused-ring (bicyclic) bond motifs is 9. The van der Waals surface area contributed by atoms with Crippen molar-refractivity contribution in [2.45, 2.75) is 13.8 Å². The van der Waals surface area contributed by atoms with Gasteiger partial charge in [-0.25, -0.2) is 0 Å². The van der Waals surface area contributed by atoms with Crippen LogP contribution in [0.4, 0.5) is 0 Å². The van der Waals surface area contributed by atoms with Crippen molar-refractivity contribution in [1.82, 2.24) is 9.13 Å². The molecule has 0 bridgehead atoms. The van der Waals surface area contributed by atoms with Crippen molar-refractivity contribution in [1.29, 1.82) is 0 Å². The number of allylic oxidation sites excluding steroid dienone is 5. The second-order valence-corrected chi connectivity index (χ2v) is 16.6. The molecule has 0 aliphatic heterocycles. The van der Waals surface area contributed by atoms with Crippen molar-refractivity contribution in [3.8, 4) is 33.6 Å². The van der Waals surface area contributed by atoms with Crippen LogP contribution in [0.15, 0.2) is 256 Å². The molecular formula is C64H50N2. The summed E-state index contributed by atoms with van der Waals surface area (Å²) in [5, 5.41) is 12.6. The number of hydrogen-bond donors (Lipinski definition) is 0. The van der Waals surface area contributed by atoms with Crippen molar-refractivity contribution in [3.63, 3.8) is 0 Å². The van der Waals surface area contributed by atoms with E-state index in [2.05, 4.69) is 235 Å². The molecule has 0 unspecified atom stereocenters. The lowest BCUT2D eigenvalue weighted by Gasteiger charge is -2.14. The van der Waals surface area contributed by atoms with Crippen LogP contribution >= 0.6 is 0 Å². The number of aromatic nitrogens is 2. The second-order valence-electron chi connectivity index (χ2n) is 16.6. The SMILES string of the molecule is C/C=C\C.C=CC(=C)C=C.c1cc(-c2ccc3cc(-n4c5ccccc5c5ccccc54)ccc3c2)c2cccc(-c3ccc4cc(-n5c6ccccc6c6ccccc65)ccc4c3)c2c1. The minimum absolute atomic E-state index is 0.870. The molecule has 0 spiro atoms. The van der Waals surface area contributed by atoms with E-state index in [1.54, 1.807) is 12.2 Å². The predicted molar refractivity (Wildman–Crippen MR) is 289 cm³/mol. The topological polar surface area (TPSA) is 9.86 Å². The first-order valence-electron chi connectivity index (χ1n) is 22.6. The summed E-state index contributed by atoms with van der Waals surface area (Å²) in [6, 6.07) is 75.8. The molecular weight excluding hydrogens is 797 g/mol. The highest BCUT2D eigenvalue weighted by Crippen LogP contribution is 2.39. The van der Waals surface area contributed by atoms with Crippen molar-refractivity contribution in [2.75, 3.05) is 0 Å². The largest absolute Gasteiger partial charge is 0.309 e. The zero-order chi connectivity index (χ0) is 45.1. The van der Waals surface area contributed by atoms with Crippen LogP contribution in [0.5, 0.6) is 0 Å². The zero-order valence-corrected chi connectivity index (χ0v) is 37.5. The maximum atomic E-state index is 3.56. The van der Waals surface area contributed by atoms with Gasteiger partial charge in [-0.3, -0.25) is 0 Å². The lowest BCUT2D eigenvalue weighted by atomic mass is 9.91. The summed E-state index contributed by atoms with van der Waals surface area (Å²) in [7, 11) is 0. The molecule has 316 valence electrons. The van der Waals surface area contributed by atoms with Gasteiger partial charge in [0.1, 0.15) is 0 Å². The Hall–Kier alpha value is -8.46. The zero-order valence-electron chi connectivity index (χ0n) is 37.5. The molecule has 0 atom stereocenters. The summed E-state index contributed by atoms with van der Waals surface area (Å²) < 4.78 is 4.78. The van der Waals surface area contributed by atoms with Gasteiger partial charge in [-0.15, -0.1) is 0 Å². The molecule has 66 heavy (non-hydrogen) atoms. The summed E-state index contributed by atoms with van der Waals surface area (Å²) >= 11 is 0. The van der Waals surface area contributed by atoms with Gasteiger partial charge >= 0.3 is 0 Å². The van der Waals surface area contributed by atoms with E-state index in [1.165, 1.54) is 110 Å². The maximum absolute atomic E-state index is 3.56. The van der Waals surface area contributed by atoms with E-state index in [4.69, 9.17) is 0 Å². The van der Waals surface area contributed by atoms with Gasteiger partial charge in [0.05, 0.1) is 22.1 Å². The molecule has 0 aliphatic carbocycles. The summed E-state index contributed by atoms with van der Waals surface area (Å²) in [5.74, 6) is 0. The Kier molecular flexibility index (Phi) is 11.3. The Morgan fingerprint density at radius 1 is 0.348 bits per heavy atom. The van der Waals surface area contributed by atoms with Gasteiger partial charge in [0.2, 0.25) is 0 Å². The van der Waals surface area contributed by atoms with E-state index in [1.807, 2.05) is 26.0 Å². The van der Waals surface area contributed by atoms with E-state index in [0.717, 1.165) is 5.57 Å². The van der Waals surface area contributed by atoms with Crippen LogP contribution in [0, 0.1) is 0 Å². The molecule has 0 aliphatic rings. The van der Waals surface area contributed by atoms with Crippen LogP contribution in [0.2, 0.25) is 0 Å². The van der Waals surface area contributed by atoms with Gasteiger partial charge in [0.25, 0.3) is 0 Å². The van der Waals surface area contributed by atoms with Crippen LogP contribution in [0.25, 0.3) is 110 Å². The number of hydrogen-bond acceptors (Lipinski definition) is 0. The normalized spacial score (nSPS) is 11.3. The molecule has 0 fully saturated rings. The highest BCUT2D eigenvalue weighted by Gasteiger charge is 2.15. The van der Waals surface area contributed by atoms with Gasteiger partial charge in [-0.1, -0.05) is 190 Å². The molecule has 12 rings (SSSR count). The van der Waals surface area contributed by atoms with E-state index < -0.39 is 0 Å². The number of nitrogens with zero attached hydrogens (tertiary/aromatic N) is 2. The van der Waals surface area contributed by atoms with Crippen LogP contribution < -0.4 is 0 Å². The van der Waals surface area contributed by atoms with Gasteiger partial charge < -0.3 is 9.13 Å². The molecule has 0 N–H and O–H groups in total. The van der Waals surface area contributed by atoms with Gasteiger partial charge in [0.15, 0.2) is 0 Å². The quantitative estimate of drug-likeness (QED) is 0.117. The smallest absolute Gasteiger partial charge is 0.0541 e. The monoisotopic (exact) mass is 846 g/mol. The van der Waals surface area contributed by atoms with Gasteiger partial charge in [-0.05, 0) is 135 Å². The minimum Gasteiger partial charge on any atom is -0.309 e. The molecule has 10 aromatic carbocycles. The first-order chi connectivity index (χ1) is 32.5. The average Bonchev–Trinajstić information content (AvgIpc) is 3.91. The third-order valence-corrected chi connectivity index (χ3v) is 12.7. The van der Waals surface area contributed by atoms with Crippen molar-refractivity contribution < 1.29 is 0 Å². The van der Waals surface area contributed by atoms with E-state index in [-0.39, 0.29) is 0 Å².